The fourth-order valence-corrected chi connectivity index (χ4v) is 4.10. The topological polar surface area (TPSA) is 88.4 Å². The highest BCUT2D eigenvalue weighted by Crippen LogP contribution is 2.23. The molecule has 0 atom stereocenters. The van der Waals surface area contributed by atoms with E-state index in [-0.39, 0.29) is 5.91 Å². The zero-order valence-corrected chi connectivity index (χ0v) is 19.1. The first-order valence-corrected chi connectivity index (χ1v) is 11.3. The summed E-state index contributed by atoms with van der Waals surface area (Å²) in [6.45, 7) is 4.02. The maximum Gasteiger partial charge on any atom is 0.238 e. The molecule has 2 aromatic heterocycles. The van der Waals surface area contributed by atoms with Gasteiger partial charge < -0.3 is 15.0 Å². The number of amides is 1. The lowest BCUT2D eigenvalue weighted by molar-refractivity contribution is -0.117. The second-order valence-electron chi connectivity index (χ2n) is 8.31. The van der Waals surface area contributed by atoms with Crippen molar-refractivity contribution in [2.24, 2.45) is 7.05 Å². The summed E-state index contributed by atoms with van der Waals surface area (Å²) in [6.07, 6.45) is 3.39. The maximum atomic E-state index is 12.6. The zero-order chi connectivity index (χ0) is 23.3. The molecule has 9 heteroatoms. The first kappa shape index (κ1) is 21.8. The van der Waals surface area contributed by atoms with Crippen molar-refractivity contribution in [3.63, 3.8) is 0 Å². The predicted octanol–water partition coefficient (Wildman–Crippen LogP) is 2.70. The molecule has 0 saturated carbocycles. The van der Waals surface area contributed by atoms with Crippen LogP contribution in [0, 0.1) is 0 Å². The van der Waals surface area contributed by atoms with Gasteiger partial charge in [-0.05, 0) is 29.8 Å². The van der Waals surface area contributed by atoms with Crippen molar-refractivity contribution < 1.29 is 9.53 Å². The molecular weight excluding hydrogens is 430 g/mol. The Morgan fingerprint density at radius 3 is 2.53 bits per heavy atom. The molecule has 0 radical (unpaired) electrons. The first-order chi connectivity index (χ1) is 16.7. The van der Waals surface area contributed by atoms with Crippen LogP contribution in [0.4, 0.5) is 11.5 Å². The SMILES string of the molecule is Cn1ncc2c(N3CCN(CC(=O)Nc4ccc(OCc5ccccc5)cc4)CC3)ncnc21. The van der Waals surface area contributed by atoms with Gasteiger partial charge in [-0.15, -0.1) is 0 Å². The van der Waals surface area contributed by atoms with Gasteiger partial charge in [0.2, 0.25) is 5.91 Å². The monoisotopic (exact) mass is 457 g/mol. The fourth-order valence-electron chi connectivity index (χ4n) is 4.10. The smallest absolute Gasteiger partial charge is 0.238 e. The molecule has 0 bridgehead atoms. The minimum absolute atomic E-state index is 0.0249. The van der Waals surface area contributed by atoms with Crippen LogP contribution in [0.2, 0.25) is 0 Å². The summed E-state index contributed by atoms with van der Waals surface area (Å²) in [6, 6.07) is 17.5. The summed E-state index contributed by atoms with van der Waals surface area (Å²) in [4.78, 5) is 25.8. The van der Waals surface area contributed by atoms with E-state index in [0.29, 0.717) is 13.2 Å². The summed E-state index contributed by atoms with van der Waals surface area (Å²) >= 11 is 0. The molecule has 0 spiro atoms. The highest BCUT2D eigenvalue weighted by Gasteiger charge is 2.22. The summed E-state index contributed by atoms with van der Waals surface area (Å²) in [5.41, 5.74) is 2.70. The van der Waals surface area contributed by atoms with E-state index in [2.05, 4.69) is 30.2 Å². The number of hydrogen-bond acceptors (Lipinski definition) is 7. The van der Waals surface area contributed by atoms with Gasteiger partial charge in [0.15, 0.2) is 5.65 Å². The van der Waals surface area contributed by atoms with Crippen molar-refractivity contribution >= 4 is 28.4 Å². The first-order valence-electron chi connectivity index (χ1n) is 11.3. The molecule has 174 valence electrons. The van der Waals surface area contributed by atoms with Crippen LogP contribution in [0.15, 0.2) is 67.1 Å². The summed E-state index contributed by atoms with van der Waals surface area (Å²) in [5.74, 6) is 1.64. The Labute approximate surface area is 198 Å². The van der Waals surface area contributed by atoms with Crippen molar-refractivity contribution in [3.05, 3.63) is 72.7 Å². The lowest BCUT2D eigenvalue weighted by atomic mass is 10.2. The molecule has 34 heavy (non-hydrogen) atoms. The van der Waals surface area contributed by atoms with Crippen molar-refractivity contribution in [3.8, 4) is 5.75 Å². The van der Waals surface area contributed by atoms with E-state index in [4.69, 9.17) is 4.74 Å². The normalized spacial score (nSPS) is 14.3. The van der Waals surface area contributed by atoms with Crippen LogP contribution in [-0.2, 0) is 18.4 Å². The Morgan fingerprint density at radius 2 is 1.76 bits per heavy atom. The van der Waals surface area contributed by atoms with E-state index in [1.165, 1.54) is 0 Å². The van der Waals surface area contributed by atoms with Gasteiger partial charge in [0.05, 0.1) is 18.1 Å². The Bertz CT molecular complexity index is 1250. The zero-order valence-electron chi connectivity index (χ0n) is 19.1. The Balaban J connectivity index is 1.10. The van der Waals surface area contributed by atoms with Gasteiger partial charge in [-0.2, -0.15) is 5.10 Å². The highest BCUT2D eigenvalue weighted by atomic mass is 16.5. The minimum atomic E-state index is -0.0249. The number of nitrogens with one attached hydrogen (secondary N) is 1. The number of aryl methyl sites for hydroxylation is 1. The molecule has 0 unspecified atom stereocenters. The van der Waals surface area contributed by atoms with Crippen molar-refractivity contribution in [1.29, 1.82) is 0 Å². The lowest BCUT2D eigenvalue weighted by Gasteiger charge is -2.35. The number of aromatic nitrogens is 4. The van der Waals surface area contributed by atoms with E-state index >= 15 is 0 Å². The largest absolute Gasteiger partial charge is 0.489 e. The Morgan fingerprint density at radius 1 is 1.00 bits per heavy atom. The fraction of sp³-hybridized carbons (Fsp3) is 0.280. The Hall–Kier alpha value is -3.98. The summed E-state index contributed by atoms with van der Waals surface area (Å²) in [7, 11) is 1.88. The number of rotatable bonds is 7. The lowest BCUT2D eigenvalue weighted by Crippen LogP contribution is -2.49. The molecule has 1 N–H and O–H groups in total. The maximum absolute atomic E-state index is 12.6. The van der Waals surface area contributed by atoms with Crippen LogP contribution in [-0.4, -0.2) is 63.3 Å². The van der Waals surface area contributed by atoms with Gasteiger partial charge in [0, 0.05) is 38.9 Å². The van der Waals surface area contributed by atoms with Gasteiger partial charge >= 0.3 is 0 Å². The van der Waals surface area contributed by atoms with E-state index in [9.17, 15) is 4.79 Å². The third-order valence-electron chi connectivity index (χ3n) is 5.93. The number of hydrogen-bond donors (Lipinski definition) is 1. The molecular formula is C25H27N7O2. The third-order valence-corrected chi connectivity index (χ3v) is 5.93. The quantitative estimate of drug-likeness (QED) is 0.456. The molecule has 3 heterocycles. The van der Waals surface area contributed by atoms with E-state index in [1.54, 1.807) is 11.0 Å². The molecule has 1 aliphatic heterocycles. The van der Waals surface area contributed by atoms with E-state index in [1.807, 2.05) is 67.8 Å². The average Bonchev–Trinajstić information content (AvgIpc) is 3.26. The highest BCUT2D eigenvalue weighted by molar-refractivity contribution is 5.92. The van der Waals surface area contributed by atoms with Crippen LogP contribution in [0.1, 0.15) is 5.56 Å². The summed E-state index contributed by atoms with van der Waals surface area (Å²) in [5, 5.41) is 8.22. The van der Waals surface area contributed by atoms with E-state index < -0.39 is 0 Å². The molecule has 5 rings (SSSR count). The van der Waals surface area contributed by atoms with Crippen molar-refractivity contribution in [2.75, 3.05) is 42.9 Å². The number of fused-ring (bicyclic) bond motifs is 1. The van der Waals surface area contributed by atoms with Gasteiger partial charge in [-0.3, -0.25) is 14.4 Å². The van der Waals surface area contributed by atoms with Crippen molar-refractivity contribution in [1.82, 2.24) is 24.6 Å². The van der Waals surface area contributed by atoms with Gasteiger partial charge in [-0.1, -0.05) is 30.3 Å². The molecule has 1 saturated heterocycles. The van der Waals surface area contributed by atoms with Crippen LogP contribution < -0.4 is 15.0 Å². The second kappa shape index (κ2) is 9.88. The van der Waals surface area contributed by atoms with Crippen LogP contribution in [0.5, 0.6) is 5.75 Å². The molecule has 2 aromatic carbocycles. The number of nitrogens with zero attached hydrogens (tertiary/aromatic N) is 6. The third kappa shape index (κ3) is 4.99. The average molecular weight is 458 g/mol. The predicted molar refractivity (Wildman–Crippen MR) is 131 cm³/mol. The summed E-state index contributed by atoms with van der Waals surface area (Å²) < 4.78 is 7.56. The van der Waals surface area contributed by atoms with Gasteiger partial charge in [0.1, 0.15) is 24.5 Å². The molecule has 1 amide bonds. The van der Waals surface area contributed by atoms with Crippen LogP contribution >= 0.6 is 0 Å². The molecule has 1 aliphatic rings. The molecule has 1 fully saturated rings. The number of anilines is 2. The standard InChI is InChI=1S/C25H27N7O2/c1-30-24-22(15-28-30)25(27-18-26-24)32-13-11-31(12-14-32)16-23(33)29-20-7-9-21(10-8-20)34-17-19-5-3-2-4-6-19/h2-10,15,18H,11-14,16-17H2,1H3,(H,29,33). The van der Waals surface area contributed by atoms with Gasteiger partial charge in [0.25, 0.3) is 0 Å². The van der Waals surface area contributed by atoms with Crippen LogP contribution in [0.25, 0.3) is 11.0 Å². The number of carbonyl (C=O) groups is 1. The van der Waals surface area contributed by atoms with Crippen molar-refractivity contribution in [2.45, 2.75) is 6.61 Å². The Kier molecular flexibility index (Phi) is 6.35. The molecule has 0 aliphatic carbocycles. The van der Waals surface area contributed by atoms with Gasteiger partial charge in [-0.25, -0.2) is 9.97 Å². The van der Waals surface area contributed by atoms with E-state index in [0.717, 1.165) is 60.0 Å². The number of ether oxygens (including phenoxy) is 1. The molecule has 9 nitrogen and oxygen atoms in total. The number of piperazine rings is 1. The number of carbonyl (C=O) groups excluding carboxylic acids is 1. The minimum Gasteiger partial charge on any atom is -0.489 e. The second-order valence-corrected chi connectivity index (χ2v) is 8.31. The molecule has 4 aromatic rings. The number of benzene rings is 2. The van der Waals surface area contributed by atoms with Crippen LogP contribution in [0.3, 0.4) is 0 Å².